The Morgan fingerprint density at radius 1 is 1.07 bits per heavy atom. The molecule has 4 aromatic rings. The summed E-state index contributed by atoms with van der Waals surface area (Å²) in [6.07, 6.45) is 4.47. The lowest BCUT2D eigenvalue weighted by atomic mass is 9.93. The molecule has 2 aromatic heterocycles. The lowest BCUT2D eigenvalue weighted by Crippen LogP contribution is -2.17. The van der Waals surface area contributed by atoms with Crippen LogP contribution < -0.4 is 0 Å². The number of rotatable bonds is 14. The molecule has 210 valence electrons. The monoisotopic (exact) mass is 540 g/mol. The number of aryl methyl sites for hydroxylation is 2. The fraction of sp³-hybridized carbons (Fsp3) is 0.455. The first-order valence-electron chi connectivity index (χ1n) is 14.5. The minimum Gasteiger partial charge on any atom is -0.377 e. The second-order valence-electron chi connectivity index (χ2n) is 11.6. The van der Waals surface area contributed by atoms with E-state index in [1.54, 1.807) is 0 Å². The Balaban J connectivity index is 1.37. The van der Waals surface area contributed by atoms with Gasteiger partial charge in [-0.3, -0.25) is 4.79 Å². The lowest BCUT2D eigenvalue weighted by molar-refractivity contribution is -0.119. The van der Waals surface area contributed by atoms with Gasteiger partial charge in [-0.15, -0.1) is 10.2 Å². The highest BCUT2D eigenvalue weighted by Gasteiger charge is 2.34. The fourth-order valence-corrected chi connectivity index (χ4v) is 5.28. The molecule has 0 saturated heterocycles. The van der Waals surface area contributed by atoms with Crippen molar-refractivity contribution in [1.29, 1.82) is 0 Å². The quantitative estimate of drug-likeness (QED) is 0.161. The number of hydrogen-bond donors (Lipinski definition) is 0. The molecule has 2 aromatic carbocycles. The number of aromatic nitrogens is 4. The van der Waals surface area contributed by atoms with E-state index in [1.165, 1.54) is 5.56 Å². The number of carbonyl (C=O) groups is 1. The van der Waals surface area contributed by atoms with Crippen molar-refractivity contribution < 1.29 is 14.1 Å². The summed E-state index contributed by atoms with van der Waals surface area (Å²) in [6.45, 7) is 9.55. The number of ketones is 1. The SMILES string of the molecule is Cc1ccc(CC(=O)CC(CCOCc2ccccc2)c2nnc(-c3cc(CC(C)C)on3)n2C2CC2)c(C)c1. The highest BCUT2D eigenvalue weighted by atomic mass is 16.5. The maximum atomic E-state index is 13.4. The second-order valence-corrected chi connectivity index (χ2v) is 11.6. The number of nitrogens with zero attached hydrogens (tertiary/aromatic N) is 4. The van der Waals surface area contributed by atoms with Gasteiger partial charge in [0.15, 0.2) is 11.5 Å². The third kappa shape index (κ3) is 7.13. The van der Waals surface area contributed by atoms with Crippen molar-refractivity contribution in [1.82, 2.24) is 19.9 Å². The maximum Gasteiger partial charge on any atom is 0.186 e. The zero-order chi connectivity index (χ0) is 28.1. The molecule has 7 heteroatoms. The zero-order valence-corrected chi connectivity index (χ0v) is 24.1. The average Bonchev–Trinajstić information content (AvgIpc) is 3.50. The van der Waals surface area contributed by atoms with Crippen LogP contribution in [0, 0.1) is 19.8 Å². The minimum absolute atomic E-state index is 0.0992. The molecular formula is C33H40N4O3. The zero-order valence-electron chi connectivity index (χ0n) is 24.1. The second kappa shape index (κ2) is 12.7. The predicted octanol–water partition coefficient (Wildman–Crippen LogP) is 6.98. The van der Waals surface area contributed by atoms with Crippen LogP contribution >= 0.6 is 0 Å². The number of ether oxygens (including phenoxy) is 1. The largest absolute Gasteiger partial charge is 0.377 e. The number of carbonyl (C=O) groups excluding carboxylic acids is 1. The molecule has 0 spiro atoms. The minimum atomic E-state index is -0.0992. The summed E-state index contributed by atoms with van der Waals surface area (Å²) in [5.74, 6) is 3.01. The van der Waals surface area contributed by atoms with E-state index in [0.29, 0.717) is 50.1 Å². The van der Waals surface area contributed by atoms with Crippen LogP contribution in [0.4, 0.5) is 0 Å². The van der Waals surface area contributed by atoms with E-state index in [9.17, 15) is 4.79 Å². The summed E-state index contributed by atoms with van der Waals surface area (Å²) in [6, 6.07) is 18.8. The topological polar surface area (TPSA) is 83.0 Å². The molecule has 0 N–H and O–H groups in total. The molecule has 40 heavy (non-hydrogen) atoms. The van der Waals surface area contributed by atoms with Gasteiger partial charge in [-0.1, -0.05) is 73.1 Å². The summed E-state index contributed by atoms with van der Waals surface area (Å²) in [7, 11) is 0. The van der Waals surface area contributed by atoms with E-state index in [4.69, 9.17) is 9.26 Å². The van der Waals surface area contributed by atoms with Gasteiger partial charge in [0.05, 0.1) is 6.61 Å². The van der Waals surface area contributed by atoms with Gasteiger partial charge in [0.2, 0.25) is 0 Å². The van der Waals surface area contributed by atoms with Crippen LogP contribution in [0.5, 0.6) is 0 Å². The van der Waals surface area contributed by atoms with Crippen molar-refractivity contribution in [3.8, 4) is 11.5 Å². The van der Waals surface area contributed by atoms with Crippen LogP contribution in [-0.2, 0) is 29.0 Å². The Labute approximate surface area is 237 Å². The van der Waals surface area contributed by atoms with Crippen LogP contribution in [0.3, 0.4) is 0 Å². The van der Waals surface area contributed by atoms with Crippen LogP contribution in [0.25, 0.3) is 11.5 Å². The molecular weight excluding hydrogens is 500 g/mol. The van der Waals surface area contributed by atoms with E-state index < -0.39 is 0 Å². The van der Waals surface area contributed by atoms with Gasteiger partial charge in [0.25, 0.3) is 0 Å². The van der Waals surface area contributed by atoms with E-state index in [-0.39, 0.29) is 11.7 Å². The lowest BCUT2D eigenvalue weighted by Gasteiger charge is -2.18. The molecule has 1 saturated carbocycles. The Morgan fingerprint density at radius 3 is 2.60 bits per heavy atom. The number of Topliss-reactive ketones (excluding diaryl/α,β-unsaturated/α-hetero) is 1. The summed E-state index contributed by atoms with van der Waals surface area (Å²) in [5, 5.41) is 13.6. The molecule has 1 unspecified atom stereocenters. The van der Waals surface area contributed by atoms with Crippen LogP contribution in [0.2, 0.25) is 0 Å². The number of benzene rings is 2. The van der Waals surface area contributed by atoms with Crippen LogP contribution in [-0.4, -0.2) is 32.3 Å². The van der Waals surface area contributed by atoms with Gasteiger partial charge in [-0.2, -0.15) is 0 Å². The van der Waals surface area contributed by atoms with Gasteiger partial charge in [0, 0.05) is 43.9 Å². The first-order chi connectivity index (χ1) is 19.4. The third-order valence-corrected chi connectivity index (χ3v) is 7.48. The van der Waals surface area contributed by atoms with Crippen molar-refractivity contribution in [2.45, 2.75) is 84.8 Å². The highest BCUT2D eigenvalue weighted by Crippen LogP contribution is 2.41. The molecule has 1 aliphatic rings. The first-order valence-corrected chi connectivity index (χ1v) is 14.5. The normalized spacial score (nSPS) is 14.1. The maximum absolute atomic E-state index is 13.4. The fourth-order valence-electron chi connectivity index (χ4n) is 5.28. The van der Waals surface area contributed by atoms with Gasteiger partial charge in [-0.05, 0) is 55.7 Å². The van der Waals surface area contributed by atoms with E-state index in [2.05, 4.69) is 77.9 Å². The summed E-state index contributed by atoms with van der Waals surface area (Å²) >= 11 is 0. The predicted molar refractivity (Wildman–Crippen MR) is 155 cm³/mol. The average molecular weight is 541 g/mol. The molecule has 1 atom stereocenters. The third-order valence-electron chi connectivity index (χ3n) is 7.48. The van der Waals surface area contributed by atoms with Crippen molar-refractivity contribution in [3.63, 3.8) is 0 Å². The molecule has 0 aliphatic heterocycles. The highest BCUT2D eigenvalue weighted by molar-refractivity contribution is 5.82. The molecule has 1 aliphatic carbocycles. The summed E-state index contributed by atoms with van der Waals surface area (Å²) in [4.78, 5) is 13.4. The number of hydrogen-bond acceptors (Lipinski definition) is 6. The first kappa shape index (κ1) is 28.0. The van der Waals surface area contributed by atoms with E-state index >= 15 is 0 Å². The van der Waals surface area contributed by atoms with Crippen LogP contribution in [0.15, 0.2) is 59.1 Å². The van der Waals surface area contributed by atoms with E-state index in [1.807, 2.05) is 24.3 Å². The van der Waals surface area contributed by atoms with Crippen molar-refractivity contribution in [3.05, 3.63) is 88.4 Å². The Kier molecular flexibility index (Phi) is 8.90. The standard InChI is InChI=1S/C33H40N4O3/c1-22(2)16-30-20-31(36-40-30)33-35-34-32(37(33)28-12-13-28)27(14-15-39-21-25-8-6-5-7-9-25)19-29(38)18-26-11-10-23(3)17-24(26)4/h5-11,17,20,22,27-28H,12-16,18-19,21H2,1-4H3. The van der Waals surface area contributed by atoms with Crippen molar-refractivity contribution in [2.75, 3.05) is 6.61 Å². The molecule has 2 heterocycles. The van der Waals surface area contributed by atoms with Gasteiger partial charge in [0.1, 0.15) is 17.4 Å². The molecule has 7 nitrogen and oxygen atoms in total. The molecule has 0 radical (unpaired) electrons. The Hall–Kier alpha value is -3.58. The van der Waals surface area contributed by atoms with E-state index in [0.717, 1.165) is 53.4 Å². The summed E-state index contributed by atoms with van der Waals surface area (Å²) < 4.78 is 13.9. The van der Waals surface area contributed by atoms with Crippen molar-refractivity contribution >= 4 is 5.78 Å². The Bertz CT molecular complexity index is 1420. The van der Waals surface area contributed by atoms with Gasteiger partial charge < -0.3 is 13.8 Å². The summed E-state index contributed by atoms with van der Waals surface area (Å²) in [5.41, 5.74) is 5.29. The van der Waals surface area contributed by atoms with Gasteiger partial charge in [-0.25, -0.2) is 0 Å². The molecule has 0 amide bonds. The smallest absolute Gasteiger partial charge is 0.186 e. The molecule has 0 bridgehead atoms. The van der Waals surface area contributed by atoms with Crippen molar-refractivity contribution in [2.24, 2.45) is 5.92 Å². The molecule has 1 fully saturated rings. The van der Waals surface area contributed by atoms with Crippen LogP contribution in [0.1, 0.15) is 85.3 Å². The van der Waals surface area contributed by atoms with Gasteiger partial charge >= 0.3 is 0 Å². The molecule has 5 rings (SSSR count). The Morgan fingerprint density at radius 2 is 1.88 bits per heavy atom.